The number of carbonyl (C=O) groups is 1. The molecule has 0 amide bonds. The Morgan fingerprint density at radius 1 is 1.31 bits per heavy atom. The van der Waals surface area contributed by atoms with Crippen LogP contribution < -0.4 is 0 Å². The summed E-state index contributed by atoms with van der Waals surface area (Å²) in [6.45, 7) is 8.81. The monoisotopic (exact) mass is 180 g/mol. The Balaban J connectivity index is 2.38. The maximum absolute atomic E-state index is 11.5. The molecule has 0 aliphatic heterocycles. The van der Waals surface area contributed by atoms with Gasteiger partial charge in [-0.05, 0) is 42.9 Å². The SMILES string of the molecule is CC(=O)[C@@H]1CC2CCC1(C)C2(C)C. The third-order valence-electron chi connectivity index (χ3n) is 5.28. The van der Waals surface area contributed by atoms with E-state index in [4.69, 9.17) is 0 Å². The first-order valence-electron chi connectivity index (χ1n) is 5.40. The van der Waals surface area contributed by atoms with Gasteiger partial charge in [-0.25, -0.2) is 0 Å². The van der Waals surface area contributed by atoms with Gasteiger partial charge < -0.3 is 0 Å². The minimum Gasteiger partial charge on any atom is -0.300 e. The predicted molar refractivity (Wildman–Crippen MR) is 53.4 cm³/mol. The molecule has 74 valence electrons. The Kier molecular flexibility index (Phi) is 1.68. The van der Waals surface area contributed by atoms with Gasteiger partial charge in [0.1, 0.15) is 5.78 Å². The van der Waals surface area contributed by atoms with Gasteiger partial charge >= 0.3 is 0 Å². The van der Waals surface area contributed by atoms with Gasteiger partial charge in [-0.3, -0.25) is 4.79 Å². The summed E-state index contributed by atoms with van der Waals surface area (Å²) in [7, 11) is 0. The zero-order chi connectivity index (χ0) is 9.85. The Labute approximate surface area is 80.9 Å². The Bertz CT molecular complexity index is 254. The first-order chi connectivity index (χ1) is 5.89. The van der Waals surface area contributed by atoms with Gasteiger partial charge in [-0.1, -0.05) is 20.8 Å². The summed E-state index contributed by atoms with van der Waals surface area (Å²) in [5.74, 6) is 1.56. The van der Waals surface area contributed by atoms with Crippen LogP contribution in [0.15, 0.2) is 0 Å². The van der Waals surface area contributed by atoms with Crippen molar-refractivity contribution >= 4 is 5.78 Å². The average molecular weight is 180 g/mol. The molecule has 2 fully saturated rings. The predicted octanol–water partition coefficient (Wildman–Crippen LogP) is 3.04. The second-order valence-corrected chi connectivity index (χ2v) is 5.77. The molecule has 2 bridgehead atoms. The summed E-state index contributed by atoms with van der Waals surface area (Å²) in [4.78, 5) is 11.5. The van der Waals surface area contributed by atoms with Crippen LogP contribution in [0.4, 0.5) is 0 Å². The molecule has 2 rings (SSSR count). The van der Waals surface area contributed by atoms with E-state index in [9.17, 15) is 4.79 Å². The van der Waals surface area contributed by atoms with E-state index in [0.29, 0.717) is 22.5 Å². The first kappa shape index (κ1) is 9.23. The van der Waals surface area contributed by atoms with Crippen LogP contribution in [-0.4, -0.2) is 5.78 Å². The number of carbonyl (C=O) groups excluding carboxylic acids is 1. The van der Waals surface area contributed by atoms with Gasteiger partial charge in [0, 0.05) is 5.92 Å². The van der Waals surface area contributed by atoms with Crippen molar-refractivity contribution in [2.75, 3.05) is 0 Å². The number of rotatable bonds is 1. The van der Waals surface area contributed by atoms with Crippen LogP contribution in [0, 0.1) is 22.7 Å². The fourth-order valence-electron chi connectivity index (χ4n) is 3.82. The summed E-state index contributed by atoms with van der Waals surface area (Å²) in [6.07, 6.45) is 3.75. The average Bonchev–Trinajstić information content (AvgIpc) is 2.34. The summed E-state index contributed by atoms with van der Waals surface area (Å²) >= 11 is 0. The summed E-state index contributed by atoms with van der Waals surface area (Å²) in [6, 6.07) is 0. The number of fused-ring (bicyclic) bond motifs is 2. The van der Waals surface area contributed by atoms with E-state index in [1.54, 1.807) is 6.92 Å². The fraction of sp³-hybridized carbons (Fsp3) is 0.917. The third-order valence-corrected chi connectivity index (χ3v) is 5.28. The van der Waals surface area contributed by atoms with Crippen LogP contribution in [0.2, 0.25) is 0 Å². The van der Waals surface area contributed by atoms with Gasteiger partial charge in [0.2, 0.25) is 0 Å². The number of hydrogen-bond donors (Lipinski definition) is 0. The molecule has 0 radical (unpaired) electrons. The van der Waals surface area contributed by atoms with E-state index >= 15 is 0 Å². The molecule has 0 aromatic rings. The highest BCUT2D eigenvalue weighted by molar-refractivity contribution is 5.80. The summed E-state index contributed by atoms with van der Waals surface area (Å²) in [5, 5.41) is 0. The Morgan fingerprint density at radius 2 is 1.92 bits per heavy atom. The molecule has 0 spiro atoms. The van der Waals surface area contributed by atoms with E-state index < -0.39 is 0 Å². The zero-order valence-electron chi connectivity index (χ0n) is 9.18. The number of Topliss-reactive ketones (excluding diaryl/α,β-unsaturated/α-hetero) is 1. The van der Waals surface area contributed by atoms with Crippen molar-refractivity contribution < 1.29 is 4.79 Å². The minimum atomic E-state index is 0.295. The topological polar surface area (TPSA) is 17.1 Å². The van der Waals surface area contributed by atoms with E-state index in [1.807, 2.05) is 0 Å². The van der Waals surface area contributed by atoms with Gasteiger partial charge in [0.15, 0.2) is 0 Å². The van der Waals surface area contributed by atoms with E-state index in [1.165, 1.54) is 12.8 Å². The maximum atomic E-state index is 11.5. The normalized spacial score (nSPS) is 46.8. The van der Waals surface area contributed by atoms with Crippen LogP contribution in [0.1, 0.15) is 47.0 Å². The molecule has 0 aromatic carbocycles. The van der Waals surface area contributed by atoms with Crippen molar-refractivity contribution in [3.05, 3.63) is 0 Å². The van der Waals surface area contributed by atoms with Crippen molar-refractivity contribution in [3.8, 4) is 0 Å². The minimum absolute atomic E-state index is 0.295. The fourth-order valence-corrected chi connectivity index (χ4v) is 3.82. The van der Waals surface area contributed by atoms with Crippen LogP contribution in [0.5, 0.6) is 0 Å². The van der Waals surface area contributed by atoms with Crippen LogP contribution in [0.25, 0.3) is 0 Å². The van der Waals surface area contributed by atoms with Crippen molar-refractivity contribution in [2.45, 2.75) is 47.0 Å². The van der Waals surface area contributed by atoms with Crippen molar-refractivity contribution in [3.63, 3.8) is 0 Å². The third kappa shape index (κ3) is 0.908. The second kappa shape index (κ2) is 2.37. The van der Waals surface area contributed by atoms with Crippen LogP contribution >= 0.6 is 0 Å². The van der Waals surface area contributed by atoms with Crippen LogP contribution in [0.3, 0.4) is 0 Å². The standard InChI is InChI=1S/C12H20O/c1-8(13)10-7-9-5-6-12(10,4)11(9,2)3/h9-10H,5-7H2,1-4H3/t9?,10-,12?/m0/s1. The van der Waals surface area contributed by atoms with E-state index in [-0.39, 0.29) is 0 Å². The smallest absolute Gasteiger partial charge is 0.133 e. The lowest BCUT2D eigenvalue weighted by molar-refractivity contribution is -0.125. The zero-order valence-corrected chi connectivity index (χ0v) is 9.18. The van der Waals surface area contributed by atoms with Crippen LogP contribution in [-0.2, 0) is 4.79 Å². The lowest BCUT2D eigenvalue weighted by Crippen LogP contribution is -2.35. The number of ketones is 1. The van der Waals surface area contributed by atoms with E-state index in [2.05, 4.69) is 20.8 Å². The maximum Gasteiger partial charge on any atom is 0.133 e. The van der Waals surface area contributed by atoms with Crippen molar-refractivity contribution in [1.29, 1.82) is 0 Å². The summed E-state index contributed by atoms with van der Waals surface area (Å²) < 4.78 is 0. The molecule has 3 atom stereocenters. The lowest BCUT2D eigenvalue weighted by atomic mass is 9.66. The highest BCUT2D eigenvalue weighted by Gasteiger charge is 2.62. The lowest BCUT2D eigenvalue weighted by Gasteiger charge is -2.38. The first-order valence-corrected chi connectivity index (χ1v) is 5.40. The molecule has 2 aliphatic rings. The van der Waals surface area contributed by atoms with Gasteiger partial charge in [-0.15, -0.1) is 0 Å². The largest absolute Gasteiger partial charge is 0.300 e. The van der Waals surface area contributed by atoms with Crippen molar-refractivity contribution in [1.82, 2.24) is 0 Å². The molecule has 13 heavy (non-hydrogen) atoms. The quantitative estimate of drug-likeness (QED) is 0.606. The molecular weight excluding hydrogens is 160 g/mol. The molecule has 1 heteroatoms. The van der Waals surface area contributed by atoms with Gasteiger partial charge in [0.05, 0.1) is 0 Å². The second-order valence-electron chi connectivity index (χ2n) is 5.77. The molecule has 1 nitrogen and oxygen atoms in total. The molecular formula is C12H20O. The molecule has 2 aliphatic carbocycles. The summed E-state index contributed by atoms with van der Waals surface area (Å²) in [5.41, 5.74) is 0.687. The highest BCUT2D eigenvalue weighted by atomic mass is 16.1. The Hall–Kier alpha value is -0.330. The van der Waals surface area contributed by atoms with Crippen molar-refractivity contribution in [2.24, 2.45) is 22.7 Å². The molecule has 0 aromatic heterocycles. The molecule has 2 saturated carbocycles. The van der Waals surface area contributed by atoms with E-state index in [0.717, 1.165) is 12.3 Å². The van der Waals surface area contributed by atoms with Gasteiger partial charge in [0.25, 0.3) is 0 Å². The molecule has 2 unspecified atom stereocenters. The molecule has 0 N–H and O–H groups in total. The Morgan fingerprint density at radius 3 is 2.15 bits per heavy atom. The molecule has 0 saturated heterocycles. The molecule has 0 heterocycles. The van der Waals surface area contributed by atoms with Gasteiger partial charge in [-0.2, -0.15) is 0 Å². The highest BCUT2D eigenvalue weighted by Crippen LogP contribution is 2.68. The number of hydrogen-bond acceptors (Lipinski definition) is 1.